The maximum Gasteiger partial charge on any atom is 0.182 e. The van der Waals surface area contributed by atoms with Gasteiger partial charge >= 0.3 is 0 Å². The van der Waals surface area contributed by atoms with Crippen molar-refractivity contribution in [3.05, 3.63) is 47.9 Å². The number of benzene rings is 1. The van der Waals surface area contributed by atoms with Crippen molar-refractivity contribution in [2.75, 3.05) is 5.32 Å². The molecule has 0 saturated heterocycles. The van der Waals surface area contributed by atoms with Crippen LogP contribution in [0, 0.1) is 11.3 Å². The highest BCUT2D eigenvalue weighted by molar-refractivity contribution is 5.48. The SMILES string of the molecule is CC(C)Oc1cccc(C(C)Nc2nccnc2C#N)c1. The van der Waals surface area contributed by atoms with Gasteiger partial charge in [0.25, 0.3) is 0 Å². The highest BCUT2D eigenvalue weighted by atomic mass is 16.5. The average Bonchev–Trinajstić information content (AvgIpc) is 2.47. The minimum atomic E-state index is -0.00971. The third-order valence-electron chi connectivity index (χ3n) is 2.89. The van der Waals surface area contributed by atoms with Gasteiger partial charge in [-0.05, 0) is 38.5 Å². The Morgan fingerprint density at radius 2 is 1.95 bits per heavy atom. The van der Waals surface area contributed by atoms with E-state index in [-0.39, 0.29) is 12.1 Å². The summed E-state index contributed by atoms with van der Waals surface area (Å²) in [6.07, 6.45) is 3.20. The lowest BCUT2D eigenvalue weighted by atomic mass is 10.1. The molecule has 21 heavy (non-hydrogen) atoms. The van der Waals surface area contributed by atoms with Crippen molar-refractivity contribution in [3.63, 3.8) is 0 Å². The molecule has 2 aromatic rings. The van der Waals surface area contributed by atoms with Crippen LogP contribution in [0.25, 0.3) is 0 Å². The van der Waals surface area contributed by atoms with E-state index in [1.807, 2.05) is 51.1 Å². The molecule has 1 aromatic heterocycles. The van der Waals surface area contributed by atoms with Crippen LogP contribution in [-0.2, 0) is 0 Å². The van der Waals surface area contributed by atoms with E-state index in [4.69, 9.17) is 10.00 Å². The van der Waals surface area contributed by atoms with Crippen LogP contribution in [0.15, 0.2) is 36.7 Å². The van der Waals surface area contributed by atoms with Gasteiger partial charge in [-0.15, -0.1) is 0 Å². The molecule has 1 unspecified atom stereocenters. The van der Waals surface area contributed by atoms with Gasteiger partial charge in [-0.1, -0.05) is 12.1 Å². The topological polar surface area (TPSA) is 70.8 Å². The van der Waals surface area contributed by atoms with Crippen molar-refractivity contribution in [1.82, 2.24) is 9.97 Å². The molecule has 1 N–H and O–H groups in total. The summed E-state index contributed by atoms with van der Waals surface area (Å²) in [4.78, 5) is 8.15. The largest absolute Gasteiger partial charge is 0.491 e. The molecule has 0 aliphatic carbocycles. The van der Waals surface area contributed by atoms with Gasteiger partial charge in [0.2, 0.25) is 0 Å². The van der Waals surface area contributed by atoms with Crippen LogP contribution < -0.4 is 10.1 Å². The van der Waals surface area contributed by atoms with Crippen molar-refractivity contribution in [2.45, 2.75) is 32.9 Å². The molecule has 1 atom stereocenters. The second kappa shape index (κ2) is 6.71. The maximum absolute atomic E-state index is 9.03. The molecule has 2 rings (SSSR count). The molecule has 5 nitrogen and oxygen atoms in total. The highest BCUT2D eigenvalue weighted by Crippen LogP contribution is 2.23. The number of hydrogen-bond donors (Lipinski definition) is 1. The van der Waals surface area contributed by atoms with E-state index in [0.717, 1.165) is 11.3 Å². The lowest BCUT2D eigenvalue weighted by molar-refractivity contribution is 0.242. The highest BCUT2D eigenvalue weighted by Gasteiger charge is 2.11. The van der Waals surface area contributed by atoms with Crippen molar-refractivity contribution in [1.29, 1.82) is 5.26 Å². The predicted octanol–water partition coefficient (Wildman–Crippen LogP) is 3.31. The van der Waals surface area contributed by atoms with Crippen molar-refractivity contribution in [3.8, 4) is 11.8 Å². The van der Waals surface area contributed by atoms with E-state index >= 15 is 0 Å². The van der Waals surface area contributed by atoms with Crippen LogP contribution in [0.4, 0.5) is 5.82 Å². The summed E-state index contributed by atoms with van der Waals surface area (Å²) >= 11 is 0. The molecule has 0 saturated carbocycles. The van der Waals surface area contributed by atoms with Gasteiger partial charge in [0.15, 0.2) is 11.5 Å². The van der Waals surface area contributed by atoms with E-state index < -0.39 is 0 Å². The third kappa shape index (κ3) is 3.93. The van der Waals surface area contributed by atoms with E-state index in [0.29, 0.717) is 11.5 Å². The number of hydrogen-bond acceptors (Lipinski definition) is 5. The molecule has 108 valence electrons. The fourth-order valence-electron chi connectivity index (χ4n) is 1.94. The zero-order valence-corrected chi connectivity index (χ0v) is 12.4. The first-order valence-corrected chi connectivity index (χ1v) is 6.84. The van der Waals surface area contributed by atoms with Gasteiger partial charge in [0.05, 0.1) is 12.1 Å². The average molecular weight is 282 g/mol. The zero-order valence-electron chi connectivity index (χ0n) is 12.4. The Kier molecular flexibility index (Phi) is 4.72. The maximum atomic E-state index is 9.03. The molecular formula is C16H18N4O. The molecule has 0 amide bonds. The molecular weight excluding hydrogens is 264 g/mol. The van der Waals surface area contributed by atoms with Crippen LogP contribution in [0.2, 0.25) is 0 Å². The van der Waals surface area contributed by atoms with Gasteiger partial charge in [-0.25, -0.2) is 9.97 Å². The summed E-state index contributed by atoms with van der Waals surface area (Å²) in [5.41, 5.74) is 1.35. The summed E-state index contributed by atoms with van der Waals surface area (Å²) in [7, 11) is 0. The molecule has 0 aliphatic heterocycles. The summed E-state index contributed by atoms with van der Waals surface area (Å²) in [6, 6.07) is 9.89. The van der Waals surface area contributed by atoms with Crippen molar-refractivity contribution < 1.29 is 4.74 Å². The first-order chi connectivity index (χ1) is 10.1. The van der Waals surface area contributed by atoms with Crippen LogP contribution in [0.3, 0.4) is 0 Å². The van der Waals surface area contributed by atoms with Gasteiger partial charge in [0.1, 0.15) is 11.8 Å². The summed E-state index contributed by atoms with van der Waals surface area (Å²) in [6.45, 7) is 5.99. The second-order valence-electron chi connectivity index (χ2n) is 4.97. The number of nitrogens with zero attached hydrogens (tertiary/aromatic N) is 3. The monoisotopic (exact) mass is 282 g/mol. The smallest absolute Gasteiger partial charge is 0.182 e. The van der Waals surface area contributed by atoms with Crippen molar-refractivity contribution >= 4 is 5.82 Å². The van der Waals surface area contributed by atoms with Crippen LogP contribution in [0.1, 0.15) is 38.1 Å². The Morgan fingerprint density at radius 3 is 2.67 bits per heavy atom. The van der Waals surface area contributed by atoms with Gasteiger partial charge in [-0.3, -0.25) is 0 Å². The van der Waals surface area contributed by atoms with Crippen LogP contribution in [-0.4, -0.2) is 16.1 Å². The second-order valence-corrected chi connectivity index (χ2v) is 4.97. The van der Waals surface area contributed by atoms with Gasteiger partial charge in [-0.2, -0.15) is 5.26 Å². The molecule has 0 spiro atoms. The minimum Gasteiger partial charge on any atom is -0.491 e. The Morgan fingerprint density at radius 1 is 1.19 bits per heavy atom. The molecule has 1 aromatic carbocycles. The first-order valence-electron chi connectivity index (χ1n) is 6.84. The molecule has 0 aliphatic rings. The molecule has 5 heteroatoms. The summed E-state index contributed by atoms with van der Waals surface area (Å²) in [5.74, 6) is 1.32. The Labute approximate surface area is 124 Å². The number of rotatable bonds is 5. The van der Waals surface area contributed by atoms with Gasteiger partial charge < -0.3 is 10.1 Å². The van der Waals surface area contributed by atoms with Crippen LogP contribution in [0.5, 0.6) is 5.75 Å². The molecule has 1 heterocycles. The van der Waals surface area contributed by atoms with Crippen molar-refractivity contribution in [2.24, 2.45) is 0 Å². The van der Waals surface area contributed by atoms with Gasteiger partial charge in [0, 0.05) is 12.4 Å². The lowest BCUT2D eigenvalue weighted by Crippen LogP contribution is -2.11. The number of nitrogens with one attached hydrogen (secondary N) is 1. The minimum absolute atomic E-state index is 0.00971. The standard InChI is InChI=1S/C16H18N4O/c1-11(2)21-14-6-4-5-13(9-14)12(3)20-16-15(10-17)18-7-8-19-16/h4-9,11-12H,1-3H3,(H,19,20). The van der Waals surface area contributed by atoms with E-state index in [9.17, 15) is 0 Å². The quantitative estimate of drug-likeness (QED) is 0.911. The number of ether oxygens (including phenoxy) is 1. The number of aromatic nitrogens is 2. The molecule has 0 radical (unpaired) electrons. The predicted molar refractivity (Wildman–Crippen MR) is 81.0 cm³/mol. The Hall–Kier alpha value is -2.61. The molecule has 0 bridgehead atoms. The summed E-state index contributed by atoms with van der Waals surface area (Å²) < 4.78 is 5.69. The fraction of sp³-hybridized carbons (Fsp3) is 0.312. The van der Waals surface area contributed by atoms with E-state index in [1.165, 1.54) is 6.20 Å². The molecule has 0 fully saturated rings. The first kappa shape index (κ1) is 14.8. The normalized spacial score (nSPS) is 11.8. The fourth-order valence-corrected chi connectivity index (χ4v) is 1.94. The van der Waals surface area contributed by atoms with Crippen LogP contribution >= 0.6 is 0 Å². The number of nitriles is 1. The summed E-state index contributed by atoms with van der Waals surface area (Å²) in [5, 5.41) is 12.2. The van der Waals surface area contributed by atoms with E-state index in [2.05, 4.69) is 15.3 Å². The Bertz CT molecular complexity index is 649. The third-order valence-corrected chi connectivity index (χ3v) is 2.89. The lowest BCUT2D eigenvalue weighted by Gasteiger charge is -2.17. The number of anilines is 1. The Balaban J connectivity index is 2.17. The zero-order chi connectivity index (χ0) is 15.2. The van der Waals surface area contributed by atoms with E-state index in [1.54, 1.807) is 6.20 Å².